The van der Waals surface area contributed by atoms with Crippen LogP contribution in [0.25, 0.3) is 11.1 Å². The van der Waals surface area contributed by atoms with Gasteiger partial charge in [0.15, 0.2) is 0 Å². The second-order valence-corrected chi connectivity index (χ2v) is 3.11. The Bertz CT molecular complexity index is 472. The van der Waals surface area contributed by atoms with Crippen LogP contribution in [0.5, 0.6) is 0 Å². The smallest absolute Gasteiger partial charge is 0.133 e. The highest BCUT2D eigenvalue weighted by atomic mass is 19.1. The molecule has 3 heteroatoms. The third-order valence-corrected chi connectivity index (χ3v) is 2.08. The van der Waals surface area contributed by atoms with Crippen molar-refractivity contribution in [3.8, 4) is 11.1 Å². The molecule has 0 fully saturated rings. The van der Waals surface area contributed by atoms with Gasteiger partial charge in [0.2, 0.25) is 0 Å². The lowest BCUT2D eigenvalue weighted by Gasteiger charge is -2.04. The van der Waals surface area contributed by atoms with Crippen molar-refractivity contribution in [2.45, 2.75) is 0 Å². The molecule has 76 valence electrons. The molecule has 0 radical (unpaired) electrons. The van der Waals surface area contributed by atoms with Crippen molar-refractivity contribution in [3.63, 3.8) is 0 Å². The van der Waals surface area contributed by atoms with E-state index in [-0.39, 0.29) is 11.1 Å². The van der Waals surface area contributed by atoms with Crippen LogP contribution >= 0.6 is 0 Å². The molecule has 0 amide bonds. The number of rotatable bonds is 1. The van der Waals surface area contributed by atoms with E-state index in [2.05, 4.69) is 0 Å². The molecule has 0 aliphatic heterocycles. The topological polar surface area (TPSA) is 0 Å². The Morgan fingerprint density at radius 1 is 0.733 bits per heavy atom. The Hall–Kier alpha value is -1.77. The van der Waals surface area contributed by atoms with Gasteiger partial charge in [-0.1, -0.05) is 18.2 Å². The highest BCUT2D eigenvalue weighted by molar-refractivity contribution is 5.64. The Balaban J connectivity index is 2.63. The molecule has 0 N–H and O–H groups in total. The minimum atomic E-state index is -0.694. The summed E-state index contributed by atoms with van der Waals surface area (Å²) in [4.78, 5) is 0. The number of hydrogen-bond acceptors (Lipinski definition) is 0. The molecule has 0 aliphatic carbocycles. The molecule has 2 aromatic rings. The van der Waals surface area contributed by atoms with Crippen LogP contribution in [-0.2, 0) is 0 Å². The lowest BCUT2D eigenvalue weighted by Crippen LogP contribution is -1.89. The summed E-state index contributed by atoms with van der Waals surface area (Å²) in [6, 6.07) is 8.75. The van der Waals surface area contributed by atoms with Crippen molar-refractivity contribution in [2.75, 3.05) is 0 Å². The summed E-state index contributed by atoms with van der Waals surface area (Å²) in [5.41, 5.74) is 0.00241. The quantitative estimate of drug-likeness (QED) is 0.669. The molecular formula is C12H7F3. The van der Waals surface area contributed by atoms with E-state index in [4.69, 9.17) is 0 Å². The highest BCUT2D eigenvalue weighted by Crippen LogP contribution is 2.26. The van der Waals surface area contributed by atoms with Crippen LogP contribution in [-0.4, -0.2) is 0 Å². The molecule has 0 bridgehead atoms. The molecule has 0 unspecified atom stereocenters. The second kappa shape index (κ2) is 3.77. The highest BCUT2D eigenvalue weighted by Gasteiger charge is 2.10. The first kappa shape index (κ1) is 9.77. The van der Waals surface area contributed by atoms with E-state index in [9.17, 15) is 13.2 Å². The van der Waals surface area contributed by atoms with E-state index in [1.165, 1.54) is 24.3 Å². The first-order valence-electron chi connectivity index (χ1n) is 4.38. The van der Waals surface area contributed by atoms with Gasteiger partial charge < -0.3 is 0 Å². The average molecular weight is 208 g/mol. The summed E-state index contributed by atoms with van der Waals surface area (Å²) in [5.74, 6) is -1.91. The van der Waals surface area contributed by atoms with Gasteiger partial charge in [-0.15, -0.1) is 0 Å². The van der Waals surface area contributed by atoms with Crippen molar-refractivity contribution in [1.82, 2.24) is 0 Å². The Labute approximate surface area is 85.0 Å². The summed E-state index contributed by atoms with van der Waals surface area (Å²) in [5, 5.41) is 0. The van der Waals surface area contributed by atoms with Crippen LogP contribution in [0, 0.1) is 17.5 Å². The first-order valence-corrected chi connectivity index (χ1v) is 4.38. The maximum Gasteiger partial charge on any atom is 0.133 e. The van der Waals surface area contributed by atoms with Crippen molar-refractivity contribution >= 4 is 0 Å². The molecule has 15 heavy (non-hydrogen) atoms. The molecule has 0 saturated carbocycles. The van der Waals surface area contributed by atoms with Gasteiger partial charge in [0.1, 0.15) is 17.5 Å². The monoisotopic (exact) mass is 208 g/mol. The van der Waals surface area contributed by atoms with Crippen LogP contribution in [0.15, 0.2) is 42.5 Å². The summed E-state index contributed by atoms with van der Waals surface area (Å²) >= 11 is 0. The molecule has 2 rings (SSSR count). The minimum absolute atomic E-state index is 0.197. The van der Waals surface area contributed by atoms with Crippen molar-refractivity contribution in [1.29, 1.82) is 0 Å². The largest absolute Gasteiger partial charge is 0.207 e. The summed E-state index contributed by atoms with van der Waals surface area (Å²) in [6.45, 7) is 0. The zero-order valence-electron chi connectivity index (χ0n) is 7.68. The third-order valence-electron chi connectivity index (χ3n) is 2.08. The SMILES string of the molecule is Fc1cccc(-c2c(F)cccc2F)c1. The van der Waals surface area contributed by atoms with Gasteiger partial charge in [-0.05, 0) is 29.8 Å². The number of benzene rings is 2. The molecule has 0 spiro atoms. The molecule has 0 nitrogen and oxygen atoms in total. The van der Waals surface area contributed by atoms with Gasteiger partial charge in [-0.3, -0.25) is 0 Å². The molecule has 0 aliphatic rings. The van der Waals surface area contributed by atoms with E-state index in [1.807, 2.05) is 0 Å². The van der Waals surface area contributed by atoms with Gasteiger partial charge >= 0.3 is 0 Å². The van der Waals surface area contributed by atoms with Gasteiger partial charge in [0.05, 0.1) is 5.56 Å². The fourth-order valence-corrected chi connectivity index (χ4v) is 1.42. The van der Waals surface area contributed by atoms with Crippen LogP contribution < -0.4 is 0 Å². The van der Waals surface area contributed by atoms with Crippen LogP contribution in [0.3, 0.4) is 0 Å². The predicted octanol–water partition coefficient (Wildman–Crippen LogP) is 3.77. The summed E-state index contributed by atoms with van der Waals surface area (Å²) in [7, 11) is 0. The predicted molar refractivity (Wildman–Crippen MR) is 51.8 cm³/mol. The van der Waals surface area contributed by atoms with Crippen molar-refractivity contribution in [2.24, 2.45) is 0 Å². The first-order chi connectivity index (χ1) is 7.18. The Kier molecular flexibility index (Phi) is 2.46. The van der Waals surface area contributed by atoms with Crippen LogP contribution in [0.4, 0.5) is 13.2 Å². The normalized spacial score (nSPS) is 10.3. The van der Waals surface area contributed by atoms with E-state index in [1.54, 1.807) is 0 Å². The Morgan fingerprint density at radius 2 is 1.33 bits per heavy atom. The maximum atomic E-state index is 13.3. The zero-order chi connectivity index (χ0) is 10.8. The van der Waals surface area contributed by atoms with E-state index in [0.717, 1.165) is 18.2 Å². The van der Waals surface area contributed by atoms with Crippen molar-refractivity contribution < 1.29 is 13.2 Å². The van der Waals surface area contributed by atoms with Crippen LogP contribution in [0.1, 0.15) is 0 Å². The van der Waals surface area contributed by atoms with Crippen LogP contribution in [0.2, 0.25) is 0 Å². The zero-order valence-corrected chi connectivity index (χ0v) is 7.68. The second-order valence-electron chi connectivity index (χ2n) is 3.11. The van der Waals surface area contributed by atoms with Gasteiger partial charge in [0.25, 0.3) is 0 Å². The number of halogens is 3. The molecule has 0 saturated heterocycles. The molecule has 2 aromatic carbocycles. The Morgan fingerprint density at radius 3 is 1.93 bits per heavy atom. The van der Waals surface area contributed by atoms with E-state index < -0.39 is 17.5 Å². The third kappa shape index (κ3) is 1.86. The fourth-order valence-electron chi connectivity index (χ4n) is 1.42. The minimum Gasteiger partial charge on any atom is -0.207 e. The molecular weight excluding hydrogens is 201 g/mol. The van der Waals surface area contributed by atoms with E-state index >= 15 is 0 Å². The lowest BCUT2D eigenvalue weighted by atomic mass is 10.0. The fraction of sp³-hybridized carbons (Fsp3) is 0. The summed E-state index contributed by atoms with van der Waals surface area (Å²) < 4.78 is 39.5. The standard InChI is InChI=1S/C12H7F3/c13-9-4-1-3-8(7-9)12-10(14)5-2-6-11(12)15/h1-7H. The average Bonchev–Trinajstić information content (AvgIpc) is 2.17. The van der Waals surface area contributed by atoms with E-state index in [0.29, 0.717) is 0 Å². The summed E-state index contributed by atoms with van der Waals surface area (Å²) in [6.07, 6.45) is 0. The number of hydrogen-bond donors (Lipinski definition) is 0. The van der Waals surface area contributed by atoms with Gasteiger partial charge in [-0.2, -0.15) is 0 Å². The van der Waals surface area contributed by atoms with Crippen molar-refractivity contribution in [3.05, 3.63) is 59.9 Å². The van der Waals surface area contributed by atoms with Gasteiger partial charge in [0, 0.05) is 0 Å². The molecule has 0 aromatic heterocycles. The molecule has 0 heterocycles. The maximum absolute atomic E-state index is 13.3. The lowest BCUT2D eigenvalue weighted by molar-refractivity contribution is 0.588. The molecule has 0 atom stereocenters. The van der Waals surface area contributed by atoms with Gasteiger partial charge in [-0.25, -0.2) is 13.2 Å².